The van der Waals surface area contributed by atoms with E-state index in [1.54, 1.807) is 10.5 Å². The number of aromatic nitrogens is 3. The summed E-state index contributed by atoms with van der Waals surface area (Å²) in [7, 11) is 0. The first-order valence-corrected chi connectivity index (χ1v) is 9.64. The van der Waals surface area contributed by atoms with Crippen LogP contribution in [0.5, 0.6) is 0 Å². The smallest absolute Gasteiger partial charge is 0.206 e. The Morgan fingerprint density at radius 1 is 1.19 bits per heavy atom. The molecule has 0 radical (unpaired) electrons. The van der Waals surface area contributed by atoms with Crippen molar-refractivity contribution in [2.45, 2.75) is 19.4 Å². The van der Waals surface area contributed by atoms with Gasteiger partial charge in [0.15, 0.2) is 0 Å². The monoisotopic (exact) mass is 425 g/mol. The van der Waals surface area contributed by atoms with Crippen molar-refractivity contribution in [3.63, 3.8) is 0 Å². The predicted octanol–water partition coefficient (Wildman–Crippen LogP) is 4.32. The number of aryl methyl sites for hydroxylation is 1. The fourth-order valence-electron chi connectivity index (χ4n) is 3.85. The lowest BCUT2D eigenvalue weighted by Crippen LogP contribution is -2.28. The Labute approximate surface area is 163 Å². The minimum absolute atomic E-state index is 0.240. The third-order valence-electron chi connectivity index (χ3n) is 5.07. The maximum absolute atomic E-state index is 14.1. The van der Waals surface area contributed by atoms with Crippen LogP contribution in [0, 0.1) is 5.82 Å². The maximum atomic E-state index is 14.1. The van der Waals surface area contributed by atoms with Crippen LogP contribution in [0.2, 0.25) is 0 Å². The summed E-state index contributed by atoms with van der Waals surface area (Å²) in [4.78, 5) is 11.3. The molecule has 0 amide bonds. The van der Waals surface area contributed by atoms with Crippen molar-refractivity contribution in [1.82, 2.24) is 14.4 Å². The maximum Gasteiger partial charge on any atom is 0.206 e. The molecule has 0 fully saturated rings. The first kappa shape index (κ1) is 16.5. The average molecular weight is 426 g/mol. The molecule has 7 heteroatoms. The molecule has 0 saturated heterocycles. The molecule has 2 aromatic heterocycles. The summed E-state index contributed by atoms with van der Waals surface area (Å²) >= 11 is 3.55. The minimum Gasteiger partial charge on any atom is -0.369 e. The molecule has 0 bridgehead atoms. The number of para-hydroxylation sites is 1. The summed E-state index contributed by atoms with van der Waals surface area (Å²) < 4.78 is 16.9. The molecule has 5 nitrogen and oxygen atoms in total. The lowest BCUT2D eigenvalue weighted by Gasteiger charge is -2.30. The summed E-state index contributed by atoms with van der Waals surface area (Å²) in [6.07, 6.45) is 4.08. The van der Waals surface area contributed by atoms with Crippen molar-refractivity contribution in [2.24, 2.45) is 0 Å². The fourth-order valence-corrected chi connectivity index (χ4v) is 4.26. The van der Waals surface area contributed by atoms with Crippen molar-refractivity contribution in [1.29, 1.82) is 0 Å². The normalized spacial score (nSPS) is 14.1. The number of hydrogen-bond acceptors (Lipinski definition) is 4. The van der Waals surface area contributed by atoms with Gasteiger partial charge in [0.05, 0.1) is 12.2 Å². The number of nitrogens with two attached hydrogens (primary N) is 1. The van der Waals surface area contributed by atoms with E-state index >= 15 is 0 Å². The van der Waals surface area contributed by atoms with E-state index in [0.29, 0.717) is 17.6 Å². The quantitative estimate of drug-likeness (QED) is 0.519. The Hall–Kier alpha value is -2.67. The van der Waals surface area contributed by atoms with Crippen LogP contribution < -0.4 is 10.6 Å². The van der Waals surface area contributed by atoms with Crippen LogP contribution in [-0.2, 0) is 13.0 Å². The predicted molar refractivity (Wildman–Crippen MR) is 108 cm³/mol. The van der Waals surface area contributed by atoms with Crippen LogP contribution in [0.25, 0.3) is 16.6 Å². The average Bonchev–Trinajstić information content (AvgIpc) is 3.07. The standard InChI is InChI=1S/C20H17BrFN5/c21-13-6-7-17-12(9-13)3-2-8-26(17)10-14-11-27-19(24-14)15-4-1-5-16(22)18(15)25-20(27)23/h1,4-7,9,11H,2-3,8,10H2,(H2,23,25). The van der Waals surface area contributed by atoms with Gasteiger partial charge in [0.1, 0.15) is 17.0 Å². The Balaban J connectivity index is 1.58. The first-order valence-electron chi connectivity index (χ1n) is 8.85. The van der Waals surface area contributed by atoms with Crippen LogP contribution >= 0.6 is 15.9 Å². The Morgan fingerprint density at radius 2 is 2.07 bits per heavy atom. The number of halogens is 2. The fraction of sp³-hybridized carbons (Fsp3) is 0.200. The van der Waals surface area contributed by atoms with Gasteiger partial charge < -0.3 is 10.6 Å². The molecule has 27 heavy (non-hydrogen) atoms. The van der Waals surface area contributed by atoms with Crippen molar-refractivity contribution in [3.8, 4) is 0 Å². The number of rotatable bonds is 2. The highest BCUT2D eigenvalue weighted by atomic mass is 79.9. The molecule has 4 aromatic rings. The number of nitrogens with zero attached hydrogens (tertiary/aromatic N) is 4. The first-order chi connectivity index (χ1) is 13.1. The van der Waals surface area contributed by atoms with Crippen LogP contribution in [-0.4, -0.2) is 20.9 Å². The van der Waals surface area contributed by atoms with E-state index in [1.165, 1.54) is 17.3 Å². The van der Waals surface area contributed by atoms with Crippen molar-refractivity contribution < 1.29 is 4.39 Å². The third-order valence-corrected chi connectivity index (χ3v) is 5.56. The zero-order valence-electron chi connectivity index (χ0n) is 14.5. The van der Waals surface area contributed by atoms with Gasteiger partial charge in [0.2, 0.25) is 5.95 Å². The highest BCUT2D eigenvalue weighted by Crippen LogP contribution is 2.31. The van der Waals surface area contributed by atoms with Crippen LogP contribution in [0.4, 0.5) is 16.0 Å². The van der Waals surface area contributed by atoms with Gasteiger partial charge >= 0.3 is 0 Å². The zero-order valence-corrected chi connectivity index (χ0v) is 16.1. The second kappa shape index (κ2) is 6.20. The molecule has 2 aromatic carbocycles. The molecule has 5 rings (SSSR count). The third kappa shape index (κ3) is 2.73. The minimum atomic E-state index is -0.387. The molecule has 0 aliphatic carbocycles. The second-order valence-electron chi connectivity index (χ2n) is 6.83. The molecule has 136 valence electrons. The number of anilines is 2. The highest BCUT2D eigenvalue weighted by molar-refractivity contribution is 9.10. The van der Waals surface area contributed by atoms with E-state index in [0.717, 1.165) is 29.6 Å². The molecule has 2 N–H and O–H groups in total. The molecule has 1 aliphatic rings. The van der Waals surface area contributed by atoms with Crippen molar-refractivity contribution in [3.05, 3.63) is 64.1 Å². The molecule has 0 spiro atoms. The highest BCUT2D eigenvalue weighted by Gasteiger charge is 2.19. The lowest BCUT2D eigenvalue weighted by molar-refractivity contribution is 0.636. The Morgan fingerprint density at radius 3 is 2.96 bits per heavy atom. The summed E-state index contributed by atoms with van der Waals surface area (Å²) in [6.45, 7) is 1.65. The Bertz CT molecular complexity index is 1190. The van der Waals surface area contributed by atoms with Gasteiger partial charge in [-0.05, 0) is 48.7 Å². The zero-order chi connectivity index (χ0) is 18.5. The van der Waals surface area contributed by atoms with Gasteiger partial charge in [-0.25, -0.2) is 14.4 Å². The number of hydrogen-bond donors (Lipinski definition) is 1. The van der Waals surface area contributed by atoms with E-state index < -0.39 is 0 Å². The van der Waals surface area contributed by atoms with Crippen LogP contribution in [0.15, 0.2) is 47.1 Å². The molecular weight excluding hydrogens is 409 g/mol. The lowest BCUT2D eigenvalue weighted by atomic mass is 10.0. The number of benzene rings is 2. The van der Waals surface area contributed by atoms with Crippen molar-refractivity contribution in [2.75, 3.05) is 17.2 Å². The largest absolute Gasteiger partial charge is 0.369 e. The molecule has 0 saturated carbocycles. The Kier molecular flexibility index (Phi) is 3.79. The van der Waals surface area contributed by atoms with E-state index in [2.05, 4.69) is 44.0 Å². The topological polar surface area (TPSA) is 59.5 Å². The van der Waals surface area contributed by atoms with Crippen LogP contribution in [0.1, 0.15) is 17.7 Å². The molecular formula is C20H17BrFN5. The summed E-state index contributed by atoms with van der Waals surface area (Å²) in [5.41, 5.74) is 10.4. The van der Waals surface area contributed by atoms with Gasteiger partial charge in [-0.3, -0.25) is 4.40 Å². The van der Waals surface area contributed by atoms with Gasteiger partial charge in [-0.2, -0.15) is 0 Å². The van der Waals surface area contributed by atoms with Crippen LogP contribution in [0.3, 0.4) is 0 Å². The van der Waals surface area contributed by atoms with Gasteiger partial charge in [0.25, 0.3) is 0 Å². The number of fused-ring (bicyclic) bond motifs is 4. The van der Waals surface area contributed by atoms with E-state index in [-0.39, 0.29) is 17.3 Å². The van der Waals surface area contributed by atoms with E-state index in [1.807, 2.05) is 12.3 Å². The van der Waals surface area contributed by atoms with E-state index in [4.69, 9.17) is 10.7 Å². The summed E-state index contributed by atoms with van der Waals surface area (Å²) in [5, 5.41) is 0.665. The van der Waals surface area contributed by atoms with Crippen molar-refractivity contribution >= 4 is 44.1 Å². The molecule has 1 aliphatic heterocycles. The summed E-state index contributed by atoms with van der Waals surface area (Å²) in [6, 6.07) is 11.3. The molecule has 0 atom stereocenters. The van der Waals surface area contributed by atoms with E-state index in [9.17, 15) is 4.39 Å². The van der Waals surface area contributed by atoms with Gasteiger partial charge in [0, 0.05) is 28.3 Å². The number of imidazole rings is 1. The van der Waals surface area contributed by atoms with Gasteiger partial charge in [-0.15, -0.1) is 0 Å². The molecule has 3 heterocycles. The van der Waals surface area contributed by atoms with Gasteiger partial charge in [-0.1, -0.05) is 22.0 Å². The SMILES string of the molecule is Nc1nc2c(F)cccc2c2nc(CN3CCCc4cc(Br)ccc43)cn12. The molecule has 0 unspecified atom stereocenters. The summed E-state index contributed by atoms with van der Waals surface area (Å²) in [5.74, 6) is -0.147. The second-order valence-corrected chi connectivity index (χ2v) is 7.75. The number of nitrogen functional groups attached to an aromatic ring is 1.